The largest absolute Gasteiger partial charge is 0.507 e. The van der Waals surface area contributed by atoms with Gasteiger partial charge in [-0.3, -0.25) is 4.79 Å². The van der Waals surface area contributed by atoms with E-state index in [1.807, 2.05) is 6.92 Å². The van der Waals surface area contributed by atoms with Crippen LogP contribution in [0.15, 0.2) is 40.8 Å². The highest BCUT2D eigenvalue weighted by Crippen LogP contribution is 2.13. The van der Waals surface area contributed by atoms with Crippen molar-refractivity contribution in [1.82, 2.24) is 5.43 Å². The molecule has 0 aliphatic heterocycles. The van der Waals surface area contributed by atoms with Crippen molar-refractivity contribution < 1.29 is 9.90 Å². The van der Waals surface area contributed by atoms with Crippen LogP contribution >= 0.6 is 11.3 Å². The van der Waals surface area contributed by atoms with E-state index < -0.39 is 0 Å². The maximum absolute atomic E-state index is 11.7. The predicted molar refractivity (Wildman–Crippen MR) is 72.2 cm³/mol. The van der Waals surface area contributed by atoms with Crippen molar-refractivity contribution in [2.45, 2.75) is 6.92 Å². The van der Waals surface area contributed by atoms with Gasteiger partial charge >= 0.3 is 0 Å². The minimum absolute atomic E-state index is 0.127. The summed E-state index contributed by atoms with van der Waals surface area (Å²) in [5, 5.41) is 15.1. The number of phenolic OH excluding ortho intramolecular Hbond substituents is 1. The van der Waals surface area contributed by atoms with Crippen molar-refractivity contribution in [3.8, 4) is 5.75 Å². The van der Waals surface area contributed by atoms with Crippen molar-refractivity contribution in [2.24, 2.45) is 5.10 Å². The molecule has 5 heteroatoms. The number of hydrazone groups is 1. The monoisotopic (exact) mass is 260 g/mol. The number of benzene rings is 1. The van der Waals surface area contributed by atoms with Crippen LogP contribution in [0.2, 0.25) is 0 Å². The van der Waals surface area contributed by atoms with Crippen LogP contribution in [-0.4, -0.2) is 17.2 Å². The van der Waals surface area contributed by atoms with Crippen molar-refractivity contribution >= 4 is 23.5 Å². The molecule has 1 aromatic heterocycles. The molecule has 0 aliphatic rings. The number of rotatable bonds is 3. The highest BCUT2D eigenvalue weighted by atomic mass is 32.1. The van der Waals surface area contributed by atoms with E-state index >= 15 is 0 Å². The number of carbonyl (C=O) groups excluding carboxylic acids is 1. The normalized spacial score (nSPS) is 10.7. The third kappa shape index (κ3) is 2.95. The second-order valence-corrected chi connectivity index (χ2v) is 4.82. The maximum atomic E-state index is 11.7. The Morgan fingerprint density at radius 2 is 2.22 bits per heavy atom. The quantitative estimate of drug-likeness (QED) is 0.658. The number of amides is 1. The summed E-state index contributed by atoms with van der Waals surface area (Å²) in [4.78, 5) is 12.7. The summed E-state index contributed by atoms with van der Waals surface area (Å²) < 4.78 is 0. The Balaban J connectivity index is 2.00. The zero-order chi connectivity index (χ0) is 13.0. The summed E-state index contributed by atoms with van der Waals surface area (Å²) in [5.41, 5.74) is 3.56. The van der Waals surface area contributed by atoms with Gasteiger partial charge in [0.15, 0.2) is 0 Å². The van der Waals surface area contributed by atoms with Gasteiger partial charge in [0, 0.05) is 15.8 Å². The Hall–Kier alpha value is -2.14. The van der Waals surface area contributed by atoms with E-state index in [0.717, 1.165) is 4.88 Å². The minimum Gasteiger partial charge on any atom is -0.507 e. The van der Waals surface area contributed by atoms with Gasteiger partial charge in [0.2, 0.25) is 0 Å². The summed E-state index contributed by atoms with van der Waals surface area (Å²) in [7, 11) is 0. The van der Waals surface area contributed by atoms with Crippen LogP contribution in [0.5, 0.6) is 5.75 Å². The SMILES string of the molecule is Cc1cc(C(=O)N/N=C/c2ccccc2O)cs1. The maximum Gasteiger partial charge on any atom is 0.272 e. The van der Waals surface area contributed by atoms with Gasteiger partial charge in [0.05, 0.1) is 11.8 Å². The molecule has 1 heterocycles. The number of aromatic hydroxyl groups is 1. The zero-order valence-corrected chi connectivity index (χ0v) is 10.6. The lowest BCUT2D eigenvalue weighted by atomic mass is 10.2. The molecule has 2 aromatic rings. The molecule has 0 unspecified atom stereocenters. The van der Waals surface area contributed by atoms with Crippen LogP contribution in [0.4, 0.5) is 0 Å². The number of carbonyl (C=O) groups is 1. The number of hydrogen-bond acceptors (Lipinski definition) is 4. The third-order valence-electron chi connectivity index (χ3n) is 2.30. The topological polar surface area (TPSA) is 61.7 Å². The summed E-state index contributed by atoms with van der Waals surface area (Å²) in [5.74, 6) is -0.132. The summed E-state index contributed by atoms with van der Waals surface area (Å²) in [6, 6.07) is 8.57. The van der Waals surface area contributed by atoms with Gasteiger partial charge in [-0.25, -0.2) is 5.43 Å². The second kappa shape index (κ2) is 5.46. The Kier molecular flexibility index (Phi) is 3.74. The highest BCUT2D eigenvalue weighted by Gasteiger charge is 2.05. The minimum atomic E-state index is -0.258. The van der Waals surface area contributed by atoms with Gasteiger partial charge in [-0.2, -0.15) is 5.10 Å². The summed E-state index contributed by atoms with van der Waals surface area (Å²) >= 11 is 1.51. The molecule has 2 N–H and O–H groups in total. The van der Waals surface area contributed by atoms with Crippen molar-refractivity contribution in [3.63, 3.8) is 0 Å². The molecule has 0 radical (unpaired) electrons. The number of nitrogens with one attached hydrogen (secondary N) is 1. The van der Waals surface area contributed by atoms with Gasteiger partial charge in [0.1, 0.15) is 5.75 Å². The van der Waals surface area contributed by atoms with Crippen LogP contribution < -0.4 is 5.43 Å². The highest BCUT2D eigenvalue weighted by molar-refractivity contribution is 7.10. The van der Waals surface area contributed by atoms with E-state index in [-0.39, 0.29) is 11.7 Å². The molecule has 1 amide bonds. The Morgan fingerprint density at radius 1 is 1.44 bits per heavy atom. The van der Waals surface area contributed by atoms with E-state index in [9.17, 15) is 9.90 Å². The lowest BCUT2D eigenvalue weighted by molar-refractivity contribution is 0.0955. The van der Waals surface area contributed by atoms with Crippen molar-refractivity contribution in [3.05, 3.63) is 51.7 Å². The lowest BCUT2D eigenvalue weighted by Crippen LogP contribution is -2.16. The van der Waals surface area contributed by atoms with Gasteiger partial charge in [0.25, 0.3) is 5.91 Å². The van der Waals surface area contributed by atoms with E-state index in [2.05, 4.69) is 10.5 Å². The molecule has 0 spiro atoms. The van der Waals surface area contributed by atoms with E-state index in [4.69, 9.17) is 0 Å². The molecule has 1 aromatic carbocycles. The molecule has 0 saturated carbocycles. The van der Waals surface area contributed by atoms with E-state index in [0.29, 0.717) is 11.1 Å². The number of aryl methyl sites for hydroxylation is 1. The van der Waals surface area contributed by atoms with Gasteiger partial charge in [-0.1, -0.05) is 12.1 Å². The van der Waals surface area contributed by atoms with Gasteiger partial charge in [-0.05, 0) is 25.1 Å². The first-order valence-electron chi connectivity index (χ1n) is 5.33. The molecule has 92 valence electrons. The Labute approximate surface area is 109 Å². The van der Waals surface area contributed by atoms with E-state index in [1.165, 1.54) is 17.6 Å². The predicted octanol–water partition coefficient (Wildman–Crippen LogP) is 2.53. The molecule has 0 atom stereocenters. The van der Waals surface area contributed by atoms with E-state index in [1.54, 1.807) is 35.7 Å². The zero-order valence-electron chi connectivity index (χ0n) is 9.75. The summed E-state index contributed by atoms with van der Waals surface area (Å²) in [6.45, 7) is 1.94. The summed E-state index contributed by atoms with van der Waals surface area (Å²) in [6.07, 6.45) is 1.41. The number of thiophene rings is 1. The molecule has 18 heavy (non-hydrogen) atoms. The molecular formula is C13H12N2O2S. The van der Waals surface area contributed by atoms with Crippen LogP contribution in [0.1, 0.15) is 20.8 Å². The molecule has 0 aliphatic carbocycles. The van der Waals surface area contributed by atoms with Crippen LogP contribution in [-0.2, 0) is 0 Å². The standard InChI is InChI=1S/C13H12N2O2S/c1-9-6-11(8-18-9)13(17)15-14-7-10-4-2-3-5-12(10)16/h2-8,16H,1H3,(H,15,17)/b14-7+. The third-order valence-corrected chi connectivity index (χ3v) is 3.16. The molecule has 0 bridgehead atoms. The molecule has 0 saturated heterocycles. The fourth-order valence-corrected chi connectivity index (χ4v) is 2.07. The Bertz CT molecular complexity index is 590. The molecular weight excluding hydrogens is 248 g/mol. The molecule has 4 nitrogen and oxygen atoms in total. The fraction of sp³-hybridized carbons (Fsp3) is 0.0769. The number of para-hydroxylation sites is 1. The first kappa shape index (κ1) is 12.3. The molecule has 0 fully saturated rings. The number of nitrogens with zero attached hydrogens (tertiary/aromatic N) is 1. The van der Waals surface area contributed by atoms with Crippen LogP contribution in [0, 0.1) is 6.92 Å². The first-order valence-corrected chi connectivity index (χ1v) is 6.21. The second-order valence-electron chi connectivity index (χ2n) is 3.70. The average Bonchev–Trinajstić information content (AvgIpc) is 2.78. The fourth-order valence-electron chi connectivity index (χ4n) is 1.38. The average molecular weight is 260 g/mol. The number of phenols is 1. The number of hydrogen-bond donors (Lipinski definition) is 2. The molecule has 2 rings (SSSR count). The van der Waals surface area contributed by atoms with Crippen LogP contribution in [0.25, 0.3) is 0 Å². The smallest absolute Gasteiger partial charge is 0.272 e. The Morgan fingerprint density at radius 3 is 2.89 bits per heavy atom. The van der Waals surface area contributed by atoms with Gasteiger partial charge in [-0.15, -0.1) is 11.3 Å². The lowest BCUT2D eigenvalue weighted by Gasteiger charge is -1.98. The first-order chi connectivity index (χ1) is 8.66. The van der Waals surface area contributed by atoms with Crippen molar-refractivity contribution in [2.75, 3.05) is 0 Å². The van der Waals surface area contributed by atoms with Gasteiger partial charge < -0.3 is 5.11 Å². The van der Waals surface area contributed by atoms with Crippen LogP contribution in [0.3, 0.4) is 0 Å². The van der Waals surface area contributed by atoms with Crippen molar-refractivity contribution in [1.29, 1.82) is 0 Å².